The highest BCUT2D eigenvalue weighted by molar-refractivity contribution is 9.10. The van der Waals surface area contributed by atoms with E-state index in [1.54, 1.807) is 6.07 Å². The molecule has 1 aromatic carbocycles. The monoisotopic (exact) mass is 366 g/mol. The number of H-pyrrole nitrogens is 1. The molecule has 4 aromatic rings. The lowest BCUT2D eigenvalue weighted by molar-refractivity contribution is 1.06. The van der Waals surface area contributed by atoms with Gasteiger partial charge in [-0.15, -0.1) is 0 Å². The van der Waals surface area contributed by atoms with Crippen molar-refractivity contribution < 1.29 is 0 Å². The molecule has 0 saturated carbocycles. The highest BCUT2D eigenvalue weighted by Crippen LogP contribution is 2.32. The van der Waals surface area contributed by atoms with E-state index < -0.39 is 0 Å². The molecule has 3 aromatic heterocycles. The Labute approximate surface area is 139 Å². The van der Waals surface area contributed by atoms with Crippen LogP contribution in [-0.4, -0.2) is 19.4 Å². The Bertz CT molecular complexity index is 1070. The van der Waals surface area contributed by atoms with Crippen LogP contribution in [0.3, 0.4) is 0 Å². The van der Waals surface area contributed by atoms with Crippen LogP contribution >= 0.6 is 15.9 Å². The molecule has 0 radical (unpaired) electrons. The van der Waals surface area contributed by atoms with E-state index in [2.05, 4.69) is 25.9 Å². The second-order valence-electron chi connectivity index (χ2n) is 5.04. The van der Waals surface area contributed by atoms with Crippen molar-refractivity contribution in [2.45, 2.75) is 0 Å². The zero-order valence-corrected chi connectivity index (χ0v) is 13.5. The fourth-order valence-electron chi connectivity index (χ4n) is 2.60. The summed E-state index contributed by atoms with van der Waals surface area (Å²) in [6.45, 7) is 0. The van der Waals surface area contributed by atoms with Gasteiger partial charge in [0.05, 0.1) is 17.1 Å². The summed E-state index contributed by atoms with van der Waals surface area (Å²) in [6.07, 6.45) is 3.43. The van der Waals surface area contributed by atoms with Crippen molar-refractivity contribution in [3.8, 4) is 22.6 Å². The van der Waals surface area contributed by atoms with E-state index in [1.165, 1.54) is 6.20 Å². The van der Waals surface area contributed by atoms with Crippen molar-refractivity contribution in [2.24, 2.45) is 0 Å². The number of hydrogen-bond acceptors (Lipinski definition) is 3. The third-order valence-electron chi connectivity index (χ3n) is 3.56. The first kappa shape index (κ1) is 13.9. The molecule has 0 aliphatic carbocycles. The van der Waals surface area contributed by atoms with Gasteiger partial charge in [0.2, 0.25) is 0 Å². The molecule has 4 rings (SSSR count). The van der Waals surface area contributed by atoms with Gasteiger partial charge in [-0.1, -0.05) is 34.1 Å². The molecule has 0 atom stereocenters. The minimum Gasteiger partial charge on any atom is -0.304 e. The number of pyridine rings is 1. The van der Waals surface area contributed by atoms with Gasteiger partial charge >= 0.3 is 5.69 Å². The number of nitrogens with zero attached hydrogens (tertiary/aromatic N) is 3. The van der Waals surface area contributed by atoms with Crippen molar-refractivity contribution in [3.63, 3.8) is 0 Å². The van der Waals surface area contributed by atoms with Gasteiger partial charge in [0.15, 0.2) is 0 Å². The Hall–Kier alpha value is -2.73. The normalized spacial score (nSPS) is 11.0. The molecule has 23 heavy (non-hydrogen) atoms. The van der Waals surface area contributed by atoms with E-state index in [1.807, 2.05) is 53.1 Å². The number of fused-ring (bicyclic) bond motifs is 1. The fourth-order valence-corrected chi connectivity index (χ4v) is 3.00. The maximum Gasteiger partial charge on any atom is 0.345 e. The topological polar surface area (TPSA) is 63.1 Å². The summed E-state index contributed by atoms with van der Waals surface area (Å²) in [5, 5.41) is 0. The van der Waals surface area contributed by atoms with Gasteiger partial charge in [0.1, 0.15) is 5.65 Å². The van der Waals surface area contributed by atoms with Crippen molar-refractivity contribution in [3.05, 3.63) is 75.9 Å². The minimum atomic E-state index is -0.381. The number of rotatable bonds is 2. The zero-order chi connectivity index (χ0) is 15.8. The van der Waals surface area contributed by atoms with Crippen molar-refractivity contribution >= 4 is 21.6 Å². The predicted molar refractivity (Wildman–Crippen MR) is 92.2 cm³/mol. The summed E-state index contributed by atoms with van der Waals surface area (Å²) in [6, 6.07) is 15.5. The van der Waals surface area contributed by atoms with E-state index in [4.69, 9.17) is 4.98 Å². The molecule has 0 fully saturated rings. The molecule has 3 heterocycles. The maximum absolute atomic E-state index is 11.6. The van der Waals surface area contributed by atoms with Crippen molar-refractivity contribution in [1.82, 2.24) is 19.4 Å². The first-order chi connectivity index (χ1) is 11.2. The molecular formula is C17H11BrN4O. The average molecular weight is 367 g/mol. The fraction of sp³-hybridized carbons (Fsp3) is 0. The minimum absolute atomic E-state index is 0.381. The Morgan fingerprint density at radius 1 is 1.09 bits per heavy atom. The van der Waals surface area contributed by atoms with Crippen LogP contribution in [0.25, 0.3) is 28.3 Å². The van der Waals surface area contributed by atoms with Crippen molar-refractivity contribution in [2.75, 3.05) is 0 Å². The number of nitrogens with one attached hydrogen (secondary N) is 1. The quantitative estimate of drug-likeness (QED) is 0.590. The molecule has 6 heteroatoms. The Morgan fingerprint density at radius 2 is 2.00 bits per heavy atom. The van der Waals surface area contributed by atoms with E-state index >= 15 is 0 Å². The van der Waals surface area contributed by atoms with Crippen LogP contribution < -0.4 is 5.69 Å². The van der Waals surface area contributed by atoms with Gasteiger partial charge in [0.25, 0.3) is 0 Å². The summed E-state index contributed by atoms with van der Waals surface area (Å²) in [4.78, 5) is 22.8. The molecule has 5 nitrogen and oxygen atoms in total. The summed E-state index contributed by atoms with van der Waals surface area (Å²) >= 11 is 3.49. The molecule has 0 spiro atoms. The summed E-state index contributed by atoms with van der Waals surface area (Å²) in [5.74, 6) is 0. The molecule has 1 N–H and O–H groups in total. The largest absolute Gasteiger partial charge is 0.345 e. The van der Waals surface area contributed by atoms with Gasteiger partial charge < -0.3 is 4.98 Å². The van der Waals surface area contributed by atoms with Crippen LogP contribution in [0.2, 0.25) is 0 Å². The highest BCUT2D eigenvalue weighted by atomic mass is 79.9. The molecule has 0 aliphatic rings. The predicted octanol–water partition coefficient (Wildman–Crippen LogP) is 3.51. The second-order valence-corrected chi connectivity index (χ2v) is 5.95. The summed E-state index contributed by atoms with van der Waals surface area (Å²) in [5.41, 5.74) is 3.72. The SMILES string of the molecule is O=c1nccc(-c2c(-c3cccc(Br)c3)nc3ccccn23)[nH]1. The number of halogens is 1. The molecule has 0 unspecified atom stereocenters. The molecule has 0 aliphatic heterocycles. The molecule has 112 valence electrons. The summed E-state index contributed by atoms with van der Waals surface area (Å²) in [7, 11) is 0. The van der Waals surface area contributed by atoms with E-state index in [0.29, 0.717) is 5.69 Å². The van der Waals surface area contributed by atoms with Crippen LogP contribution in [0.1, 0.15) is 0 Å². The van der Waals surface area contributed by atoms with Crippen molar-refractivity contribution in [1.29, 1.82) is 0 Å². The smallest absolute Gasteiger partial charge is 0.304 e. The van der Waals surface area contributed by atoms with Gasteiger partial charge in [-0.05, 0) is 30.3 Å². The van der Waals surface area contributed by atoms with Crippen LogP contribution in [-0.2, 0) is 0 Å². The Balaban J connectivity index is 2.08. The molecular weight excluding hydrogens is 356 g/mol. The van der Waals surface area contributed by atoms with E-state index in [-0.39, 0.29) is 5.69 Å². The average Bonchev–Trinajstić information content (AvgIpc) is 2.94. The van der Waals surface area contributed by atoms with Crippen LogP contribution in [0.15, 0.2) is 70.2 Å². The standard InChI is InChI=1S/C17H11BrN4O/c18-12-5-3-4-11(10-12)15-16(13-7-8-19-17(23)20-13)22-9-2-1-6-14(22)21-15/h1-10H,(H,19,20,23). The van der Waals surface area contributed by atoms with E-state index in [9.17, 15) is 4.79 Å². The number of aromatic nitrogens is 4. The first-order valence-corrected chi connectivity index (χ1v) is 7.80. The maximum atomic E-state index is 11.6. The van der Waals surface area contributed by atoms with Crippen LogP contribution in [0.5, 0.6) is 0 Å². The number of aromatic amines is 1. The van der Waals surface area contributed by atoms with Gasteiger partial charge in [-0.3, -0.25) is 4.40 Å². The van der Waals surface area contributed by atoms with Gasteiger partial charge in [-0.25, -0.2) is 14.8 Å². The third-order valence-corrected chi connectivity index (χ3v) is 4.05. The lowest BCUT2D eigenvalue weighted by Gasteiger charge is -2.05. The molecule has 0 amide bonds. The number of hydrogen-bond donors (Lipinski definition) is 1. The second kappa shape index (κ2) is 5.48. The molecule has 0 saturated heterocycles. The first-order valence-electron chi connectivity index (χ1n) is 7.01. The van der Waals surface area contributed by atoms with E-state index in [0.717, 1.165) is 27.1 Å². The highest BCUT2D eigenvalue weighted by Gasteiger charge is 2.16. The summed E-state index contributed by atoms with van der Waals surface area (Å²) < 4.78 is 2.93. The van der Waals surface area contributed by atoms with Crippen LogP contribution in [0, 0.1) is 0 Å². The Morgan fingerprint density at radius 3 is 2.83 bits per heavy atom. The lowest BCUT2D eigenvalue weighted by Crippen LogP contribution is -2.10. The van der Waals surface area contributed by atoms with Gasteiger partial charge in [0, 0.05) is 22.4 Å². The number of imidazole rings is 1. The lowest BCUT2D eigenvalue weighted by atomic mass is 10.1. The Kier molecular flexibility index (Phi) is 3.31. The number of benzene rings is 1. The van der Waals surface area contributed by atoms with Gasteiger partial charge in [-0.2, -0.15) is 0 Å². The molecule has 0 bridgehead atoms. The zero-order valence-electron chi connectivity index (χ0n) is 11.9. The van der Waals surface area contributed by atoms with Crippen LogP contribution in [0.4, 0.5) is 0 Å². The third kappa shape index (κ3) is 2.47.